The van der Waals surface area contributed by atoms with Gasteiger partial charge in [0, 0.05) is 27.8 Å². The summed E-state index contributed by atoms with van der Waals surface area (Å²) in [5.41, 5.74) is 6.88. The summed E-state index contributed by atoms with van der Waals surface area (Å²) in [6, 6.07) is 16.7. The molecular formula is C32H44Cl2O2Si2Zr-2. The molecule has 0 radical (unpaired) electrons. The molecule has 0 heterocycles. The molecule has 0 aliphatic heterocycles. The van der Waals surface area contributed by atoms with Crippen LogP contribution < -0.4 is 24.8 Å². The quantitative estimate of drug-likeness (QED) is 0.453. The molecular weight excluding hydrogens is 635 g/mol. The molecule has 2 aromatic rings. The van der Waals surface area contributed by atoms with Gasteiger partial charge in [-0.1, -0.05) is 103 Å². The summed E-state index contributed by atoms with van der Waals surface area (Å²) < 4.78 is 12.8. The molecule has 0 saturated heterocycles. The zero-order valence-corrected chi connectivity index (χ0v) is 31.2. The Morgan fingerprint density at radius 2 is 0.795 bits per heavy atom. The summed E-state index contributed by atoms with van der Waals surface area (Å²) in [4.78, 5) is 0. The van der Waals surface area contributed by atoms with Gasteiger partial charge in [0.2, 0.25) is 0 Å². The number of fused-ring (bicyclic) bond motifs is 2. The molecule has 212 valence electrons. The van der Waals surface area contributed by atoms with Crippen LogP contribution in [0.15, 0.2) is 73.8 Å². The van der Waals surface area contributed by atoms with Crippen molar-refractivity contribution >= 4 is 39.3 Å². The summed E-state index contributed by atoms with van der Waals surface area (Å²) in [5, 5.41) is 0.430. The van der Waals surface area contributed by atoms with Gasteiger partial charge in [-0.2, -0.15) is 0 Å². The second-order valence-electron chi connectivity index (χ2n) is 12.9. The van der Waals surface area contributed by atoms with Crippen LogP contribution in [0.5, 0.6) is 0 Å². The number of rotatable bonds is 4. The number of benzene rings is 2. The van der Waals surface area contributed by atoms with E-state index in [-0.39, 0.29) is 61.1 Å². The third-order valence-electron chi connectivity index (χ3n) is 8.03. The first-order valence-electron chi connectivity index (χ1n) is 12.8. The standard InChI is InChI=1S/2C16H22OSi.2ClH.Zr/c2*1-12-11-15(14-10-8-7-9-13(12)14)17-18(5,6)16(2,3)4;;;/h2*7-11H,1H2,2-6H3;2*1H;/q2*-1;;;+2/p-2. The summed E-state index contributed by atoms with van der Waals surface area (Å²) >= 11 is 0. The van der Waals surface area contributed by atoms with Crippen LogP contribution in [0.1, 0.15) is 63.8 Å². The van der Waals surface area contributed by atoms with Crippen molar-refractivity contribution in [3.63, 3.8) is 0 Å². The molecule has 0 bridgehead atoms. The Hall–Kier alpha value is -1.10. The largest absolute Gasteiger partial charge is 2.00 e. The second-order valence-corrected chi connectivity index (χ2v) is 22.3. The van der Waals surface area contributed by atoms with Crippen molar-refractivity contribution in [2.45, 2.75) is 77.8 Å². The molecule has 4 rings (SSSR count). The maximum absolute atomic E-state index is 6.40. The fraction of sp³-hybridized carbons (Fsp3) is 0.375. The van der Waals surface area contributed by atoms with Crippen LogP contribution in [-0.4, -0.2) is 16.6 Å². The van der Waals surface area contributed by atoms with E-state index >= 15 is 0 Å². The van der Waals surface area contributed by atoms with E-state index in [1.54, 1.807) is 0 Å². The molecule has 39 heavy (non-hydrogen) atoms. The van der Waals surface area contributed by atoms with Crippen LogP contribution in [0.2, 0.25) is 36.3 Å². The average molecular weight is 679 g/mol. The SMILES string of the molecule is C=C1C=C(O[Si-](C)(C)C(C)(C)C)c2ccccc21.C=C1C=C(O[Si-](C)(C)C(C)(C)C)c2ccccc21.[Cl-].[Cl-].[Zr+2]. The minimum absolute atomic E-state index is 0. The van der Waals surface area contributed by atoms with E-state index in [1.165, 1.54) is 22.3 Å². The van der Waals surface area contributed by atoms with Crippen LogP contribution in [0.3, 0.4) is 0 Å². The van der Waals surface area contributed by atoms with E-state index < -0.39 is 16.6 Å². The average Bonchev–Trinajstić information content (AvgIpc) is 3.23. The van der Waals surface area contributed by atoms with E-state index in [0.717, 1.165) is 22.7 Å². The molecule has 7 heteroatoms. The molecule has 2 aliphatic rings. The van der Waals surface area contributed by atoms with Gasteiger partial charge in [0.05, 0.1) is 11.5 Å². The predicted molar refractivity (Wildman–Crippen MR) is 163 cm³/mol. The summed E-state index contributed by atoms with van der Waals surface area (Å²) in [7, 11) is -3.55. The Morgan fingerprint density at radius 1 is 0.538 bits per heavy atom. The molecule has 0 N–H and O–H groups in total. The van der Waals surface area contributed by atoms with E-state index in [2.05, 4.69) is 129 Å². The van der Waals surface area contributed by atoms with Crippen molar-refractivity contribution in [2.75, 3.05) is 0 Å². The van der Waals surface area contributed by atoms with Gasteiger partial charge in [-0.15, -0.1) is 36.3 Å². The van der Waals surface area contributed by atoms with Crippen LogP contribution in [-0.2, 0) is 35.1 Å². The number of hydrogen-bond acceptors (Lipinski definition) is 2. The van der Waals surface area contributed by atoms with Crippen molar-refractivity contribution < 1.29 is 59.9 Å². The van der Waals surface area contributed by atoms with Crippen LogP contribution in [0, 0.1) is 0 Å². The maximum atomic E-state index is 6.40. The molecule has 0 amide bonds. The Morgan fingerprint density at radius 3 is 1.05 bits per heavy atom. The van der Waals surface area contributed by atoms with Gasteiger partial charge in [-0.05, 0) is 34.4 Å². The molecule has 0 aromatic heterocycles. The maximum Gasteiger partial charge on any atom is 2.00 e. The number of allylic oxidation sites excluding steroid dienone is 4. The minimum Gasteiger partial charge on any atom is -1.00 e. The van der Waals surface area contributed by atoms with Gasteiger partial charge in [-0.25, -0.2) is 0 Å². The number of halogens is 2. The molecule has 0 fully saturated rings. The van der Waals surface area contributed by atoms with Crippen molar-refractivity contribution in [1.82, 2.24) is 0 Å². The summed E-state index contributed by atoms with van der Waals surface area (Å²) in [5.74, 6) is 2.00. The number of hydrogen-bond donors (Lipinski definition) is 0. The molecule has 0 spiro atoms. The van der Waals surface area contributed by atoms with Crippen molar-refractivity contribution in [3.8, 4) is 0 Å². The molecule has 2 aliphatic carbocycles. The van der Waals surface area contributed by atoms with Gasteiger partial charge in [-0.3, -0.25) is 0 Å². The molecule has 0 atom stereocenters. The first kappa shape index (κ1) is 37.9. The van der Waals surface area contributed by atoms with E-state index in [1.807, 2.05) is 12.1 Å². The Balaban J connectivity index is 0.000000688. The second kappa shape index (κ2) is 13.7. The van der Waals surface area contributed by atoms with Gasteiger partial charge in [0.15, 0.2) is 0 Å². The topological polar surface area (TPSA) is 18.5 Å². The molecule has 2 aromatic carbocycles. The smallest absolute Gasteiger partial charge is 1.00 e. The third kappa shape index (κ3) is 8.46. The van der Waals surface area contributed by atoms with E-state index in [0.29, 0.717) is 0 Å². The van der Waals surface area contributed by atoms with Crippen molar-refractivity contribution in [3.05, 3.63) is 96.1 Å². The third-order valence-corrected chi connectivity index (χ3v) is 16.7. The van der Waals surface area contributed by atoms with Crippen molar-refractivity contribution in [1.29, 1.82) is 0 Å². The molecule has 0 unspecified atom stereocenters. The fourth-order valence-corrected chi connectivity index (χ4v) is 5.66. The fourth-order valence-electron chi connectivity index (χ4n) is 3.61. The van der Waals surface area contributed by atoms with Gasteiger partial charge < -0.3 is 33.7 Å². The van der Waals surface area contributed by atoms with Gasteiger partial charge in [0.25, 0.3) is 0 Å². The van der Waals surface area contributed by atoms with E-state index in [9.17, 15) is 0 Å². The van der Waals surface area contributed by atoms with Crippen LogP contribution in [0.4, 0.5) is 0 Å². The zero-order valence-electron chi connectivity index (χ0n) is 25.3. The molecule has 2 nitrogen and oxygen atoms in total. The van der Waals surface area contributed by atoms with Gasteiger partial charge in [0.1, 0.15) is 0 Å². The van der Waals surface area contributed by atoms with Crippen LogP contribution >= 0.6 is 0 Å². The predicted octanol–water partition coefficient (Wildman–Crippen LogP) is 4.16. The minimum atomic E-state index is -1.78. The Labute approximate surface area is 271 Å². The normalized spacial score (nSPS) is 14.2. The first-order chi connectivity index (χ1) is 16.4. The zero-order chi connectivity index (χ0) is 27.1. The van der Waals surface area contributed by atoms with Crippen molar-refractivity contribution in [2.24, 2.45) is 0 Å². The summed E-state index contributed by atoms with van der Waals surface area (Å²) in [6.45, 7) is 30.9. The first-order valence-corrected chi connectivity index (χ1v) is 18.6. The summed E-state index contributed by atoms with van der Waals surface area (Å²) in [6.07, 6.45) is 4.15. The monoisotopic (exact) mass is 676 g/mol. The van der Waals surface area contributed by atoms with Gasteiger partial charge >= 0.3 is 26.2 Å². The molecule has 0 saturated carbocycles. The van der Waals surface area contributed by atoms with Crippen LogP contribution in [0.25, 0.3) is 22.7 Å². The Kier molecular flexibility index (Phi) is 13.3. The Bertz CT molecular complexity index is 1150. The van der Waals surface area contributed by atoms with E-state index in [4.69, 9.17) is 8.85 Å².